The van der Waals surface area contributed by atoms with Crippen LogP contribution < -0.4 is 5.23 Å². The normalized spacial score (nSPS) is 22.4. The molecule has 6 heteroatoms. The first-order chi connectivity index (χ1) is 9.43. The highest BCUT2D eigenvalue weighted by Crippen LogP contribution is 2.51. The SMILES string of the molecule is CCC(C#N)CC[C@@H](CC)C1(NBOC)CC(F)(F)C1. The Balaban J connectivity index is 2.65. The third-order valence-electron chi connectivity index (χ3n) is 4.53. The molecule has 1 unspecified atom stereocenters. The Kier molecular flexibility index (Phi) is 6.41. The van der Waals surface area contributed by atoms with Gasteiger partial charge in [-0.25, -0.2) is 8.78 Å². The summed E-state index contributed by atoms with van der Waals surface area (Å²) >= 11 is 0. The standard InChI is InChI=1S/C14H25BF2N2O/c1-4-11(8-18)6-7-12(5-2)13(19-15-20-3)9-14(16,17)10-13/h11-12,15,19H,4-7,9-10H2,1-3H3/t11?,12-/m1/s1. The molecule has 0 aromatic rings. The van der Waals surface area contributed by atoms with Crippen LogP contribution in [0, 0.1) is 23.2 Å². The zero-order valence-electron chi connectivity index (χ0n) is 12.7. The van der Waals surface area contributed by atoms with Gasteiger partial charge in [-0.05, 0) is 25.2 Å². The van der Waals surface area contributed by atoms with Gasteiger partial charge in [0.25, 0.3) is 5.92 Å². The van der Waals surface area contributed by atoms with Gasteiger partial charge >= 0.3 is 7.62 Å². The number of nitriles is 1. The number of nitrogens with one attached hydrogen (secondary N) is 1. The molecular weight excluding hydrogens is 261 g/mol. The van der Waals surface area contributed by atoms with Crippen molar-refractivity contribution in [3.05, 3.63) is 0 Å². The summed E-state index contributed by atoms with van der Waals surface area (Å²) in [4.78, 5) is 0. The van der Waals surface area contributed by atoms with Crippen LogP contribution in [0.2, 0.25) is 0 Å². The molecule has 0 amide bonds. The third kappa shape index (κ3) is 4.16. The fourth-order valence-electron chi connectivity index (χ4n) is 3.28. The predicted octanol–water partition coefficient (Wildman–Crippen LogP) is 3.01. The van der Waals surface area contributed by atoms with Crippen molar-refractivity contribution in [1.82, 2.24) is 5.23 Å². The van der Waals surface area contributed by atoms with E-state index in [2.05, 4.69) is 11.3 Å². The molecular formula is C14H25BF2N2O. The molecule has 20 heavy (non-hydrogen) atoms. The summed E-state index contributed by atoms with van der Waals surface area (Å²) in [5, 5.41) is 12.2. The van der Waals surface area contributed by atoms with Gasteiger partial charge < -0.3 is 9.88 Å². The smallest absolute Gasteiger partial charge is 0.360 e. The van der Waals surface area contributed by atoms with Crippen molar-refractivity contribution in [1.29, 1.82) is 5.26 Å². The Bertz CT molecular complexity index is 339. The van der Waals surface area contributed by atoms with E-state index in [0.717, 1.165) is 25.7 Å². The number of rotatable bonds is 9. The van der Waals surface area contributed by atoms with Gasteiger partial charge in [-0.1, -0.05) is 20.3 Å². The van der Waals surface area contributed by atoms with E-state index in [1.165, 1.54) is 0 Å². The summed E-state index contributed by atoms with van der Waals surface area (Å²) in [7, 11) is 1.85. The fourth-order valence-corrected chi connectivity index (χ4v) is 3.28. The Morgan fingerprint density at radius 1 is 1.30 bits per heavy atom. The van der Waals surface area contributed by atoms with Gasteiger partial charge in [-0.2, -0.15) is 5.26 Å². The molecule has 0 aromatic carbocycles. The summed E-state index contributed by atoms with van der Waals surface area (Å²) in [6.45, 7) is 4.02. The van der Waals surface area contributed by atoms with E-state index in [-0.39, 0.29) is 24.7 Å². The van der Waals surface area contributed by atoms with E-state index < -0.39 is 11.5 Å². The Morgan fingerprint density at radius 3 is 2.35 bits per heavy atom. The molecule has 1 saturated carbocycles. The maximum Gasteiger partial charge on any atom is 0.360 e. The second-order valence-corrected chi connectivity index (χ2v) is 5.89. The van der Waals surface area contributed by atoms with Crippen LogP contribution in [-0.2, 0) is 4.65 Å². The van der Waals surface area contributed by atoms with Crippen LogP contribution in [0.5, 0.6) is 0 Å². The molecule has 1 N–H and O–H groups in total. The minimum atomic E-state index is -2.56. The third-order valence-corrected chi connectivity index (χ3v) is 4.53. The molecule has 0 heterocycles. The largest absolute Gasteiger partial charge is 0.427 e. The second-order valence-electron chi connectivity index (χ2n) is 5.89. The van der Waals surface area contributed by atoms with Crippen LogP contribution in [0.1, 0.15) is 52.4 Å². The minimum absolute atomic E-state index is 0.0316. The average Bonchev–Trinajstić information content (AvgIpc) is 2.39. The van der Waals surface area contributed by atoms with Crippen LogP contribution >= 0.6 is 0 Å². The second kappa shape index (κ2) is 7.37. The first-order valence-electron chi connectivity index (χ1n) is 7.44. The number of alkyl halides is 2. The van der Waals surface area contributed by atoms with Gasteiger partial charge in [0.1, 0.15) is 0 Å². The first kappa shape index (κ1) is 17.4. The molecule has 0 aliphatic heterocycles. The van der Waals surface area contributed by atoms with Crippen LogP contribution in [-0.4, -0.2) is 26.2 Å². The lowest BCUT2D eigenvalue weighted by Gasteiger charge is -2.53. The van der Waals surface area contributed by atoms with Crippen LogP contribution in [0.4, 0.5) is 8.78 Å². The Morgan fingerprint density at radius 2 is 1.95 bits per heavy atom. The lowest BCUT2D eigenvalue weighted by molar-refractivity contribution is -0.148. The molecule has 2 atom stereocenters. The molecule has 3 nitrogen and oxygen atoms in total. The Labute approximate surface area is 121 Å². The highest BCUT2D eigenvalue weighted by atomic mass is 19.3. The summed E-state index contributed by atoms with van der Waals surface area (Å²) in [5.74, 6) is -2.36. The minimum Gasteiger partial charge on any atom is -0.427 e. The van der Waals surface area contributed by atoms with Gasteiger partial charge in [0.2, 0.25) is 0 Å². The molecule has 1 fully saturated rings. The number of nitrogens with zero attached hydrogens (tertiary/aromatic N) is 1. The summed E-state index contributed by atoms with van der Waals surface area (Å²) in [6.07, 6.45) is 3.02. The van der Waals surface area contributed by atoms with Gasteiger partial charge in [-0.3, -0.25) is 0 Å². The van der Waals surface area contributed by atoms with Crippen molar-refractivity contribution in [2.45, 2.75) is 63.8 Å². The van der Waals surface area contributed by atoms with Gasteiger partial charge in [0, 0.05) is 31.4 Å². The summed E-state index contributed by atoms with van der Waals surface area (Å²) in [6, 6.07) is 2.28. The quantitative estimate of drug-likeness (QED) is 0.663. The fraction of sp³-hybridized carbons (Fsp3) is 0.929. The highest BCUT2D eigenvalue weighted by Gasteiger charge is 2.58. The van der Waals surface area contributed by atoms with Crippen LogP contribution in [0.25, 0.3) is 0 Å². The zero-order valence-corrected chi connectivity index (χ0v) is 12.7. The molecule has 1 aliphatic carbocycles. The van der Waals surface area contributed by atoms with Gasteiger partial charge in [-0.15, -0.1) is 0 Å². The Hall–Kier alpha value is -0.665. The van der Waals surface area contributed by atoms with Crippen LogP contribution in [0.15, 0.2) is 0 Å². The molecule has 1 rings (SSSR count). The molecule has 0 bridgehead atoms. The van der Waals surface area contributed by atoms with Crippen molar-refractivity contribution < 1.29 is 13.4 Å². The highest BCUT2D eigenvalue weighted by molar-refractivity contribution is 6.23. The summed E-state index contributed by atoms with van der Waals surface area (Å²) < 4.78 is 31.7. The average molecular weight is 286 g/mol. The van der Waals surface area contributed by atoms with E-state index in [0.29, 0.717) is 7.62 Å². The van der Waals surface area contributed by atoms with E-state index in [4.69, 9.17) is 9.92 Å². The molecule has 0 radical (unpaired) electrons. The van der Waals surface area contributed by atoms with E-state index in [1.54, 1.807) is 7.11 Å². The van der Waals surface area contributed by atoms with Crippen molar-refractivity contribution >= 4 is 7.62 Å². The van der Waals surface area contributed by atoms with E-state index in [9.17, 15) is 8.78 Å². The van der Waals surface area contributed by atoms with Crippen molar-refractivity contribution in [3.63, 3.8) is 0 Å². The lowest BCUT2D eigenvalue weighted by atomic mass is 9.62. The van der Waals surface area contributed by atoms with Crippen molar-refractivity contribution in [2.75, 3.05) is 7.11 Å². The number of hydrogen-bond acceptors (Lipinski definition) is 3. The molecule has 0 saturated heterocycles. The molecule has 0 aromatic heterocycles. The summed E-state index contributed by atoms with van der Waals surface area (Å²) in [5.41, 5.74) is -0.526. The monoisotopic (exact) mass is 286 g/mol. The van der Waals surface area contributed by atoms with Gasteiger partial charge in [0.05, 0.1) is 6.07 Å². The number of halogens is 2. The number of hydrogen-bond donors (Lipinski definition) is 1. The van der Waals surface area contributed by atoms with Crippen molar-refractivity contribution in [2.24, 2.45) is 11.8 Å². The topological polar surface area (TPSA) is 45.0 Å². The van der Waals surface area contributed by atoms with E-state index in [1.807, 2.05) is 13.8 Å². The predicted molar refractivity (Wildman–Crippen MR) is 76.6 cm³/mol. The van der Waals surface area contributed by atoms with E-state index >= 15 is 0 Å². The molecule has 0 spiro atoms. The zero-order chi connectivity index (χ0) is 15.2. The maximum atomic E-state index is 13.4. The maximum absolute atomic E-state index is 13.4. The van der Waals surface area contributed by atoms with Gasteiger partial charge in [0.15, 0.2) is 0 Å². The van der Waals surface area contributed by atoms with Crippen molar-refractivity contribution in [3.8, 4) is 6.07 Å². The first-order valence-corrected chi connectivity index (χ1v) is 7.44. The van der Waals surface area contributed by atoms with Crippen LogP contribution in [0.3, 0.4) is 0 Å². The molecule has 114 valence electrons. The lowest BCUT2D eigenvalue weighted by Crippen LogP contribution is -2.65. The molecule has 1 aliphatic rings.